The molecule has 0 saturated carbocycles. The first-order valence-corrected chi connectivity index (χ1v) is 10.6. The number of nitrogens with zero attached hydrogens (tertiary/aromatic N) is 3. The van der Waals surface area contributed by atoms with E-state index in [9.17, 15) is 25.5 Å². The summed E-state index contributed by atoms with van der Waals surface area (Å²) in [5.41, 5.74) is 6.68. The standard InChI is InChI=1S/C24H22N4O5/c1-3-32-18-12-23(10-11-29)24(27-26)19(22(18,2)33-23)20(30)28(21(24)31)17-9-8-14(13-25)15-6-4-5-7-16(15)17/h3-9,18-19,27,29H,1,10-12H2,2H3/t18-,19?,22?,23?,24-/m0/s1. The molecule has 168 valence electrons. The molecule has 2 N–H and O–H groups in total. The third-order valence-corrected chi connectivity index (χ3v) is 7.52. The van der Waals surface area contributed by atoms with E-state index in [4.69, 9.17) is 9.47 Å². The fraction of sp³-hybridized carbons (Fsp3) is 0.375. The van der Waals surface area contributed by atoms with Gasteiger partial charge < -0.3 is 25.2 Å². The van der Waals surface area contributed by atoms with Crippen molar-refractivity contribution in [1.29, 1.82) is 5.26 Å². The normalized spacial score (nSPS) is 34.4. The molecule has 5 atom stereocenters. The van der Waals surface area contributed by atoms with Crippen LogP contribution in [0.2, 0.25) is 0 Å². The number of benzene rings is 2. The van der Waals surface area contributed by atoms with E-state index in [1.165, 1.54) is 6.26 Å². The van der Waals surface area contributed by atoms with Crippen LogP contribution in [-0.4, -0.2) is 46.4 Å². The Morgan fingerprint density at radius 1 is 1.36 bits per heavy atom. The van der Waals surface area contributed by atoms with Crippen molar-refractivity contribution in [3.63, 3.8) is 0 Å². The molecule has 3 aliphatic rings. The van der Waals surface area contributed by atoms with Crippen LogP contribution in [-0.2, 0) is 19.1 Å². The summed E-state index contributed by atoms with van der Waals surface area (Å²) in [6.07, 6.45) is 0.821. The van der Waals surface area contributed by atoms with Crippen molar-refractivity contribution in [2.24, 2.45) is 5.92 Å². The Morgan fingerprint density at radius 2 is 2.09 bits per heavy atom. The molecule has 2 aromatic rings. The minimum absolute atomic E-state index is 0.00459. The zero-order valence-corrected chi connectivity index (χ0v) is 17.9. The van der Waals surface area contributed by atoms with Gasteiger partial charge in [0.25, 0.3) is 5.54 Å². The number of aliphatic hydroxyl groups excluding tert-OH is 1. The highest BCUT2D eigenvalue weighted by Crippen LogP contribution is 2.63. The highest BCUT2D eigenvalue weighted by Gasteiger charge is 2.89. The lowest BCUT2D eigenvalue weighted by Crippen LogP contribution is -2.93. The molecule has 2 bridgehead atoms. The molecule has 33 heavy (non-hydrogen) atoms. The average Bonchev–Trinajstić information content (AvgIpc) is 3.32. The van der Waals surface area contributed by atoms with Crippen LogP contribution in [0.5, 0.6) is 0 Å². The van der Waals surface area contributed by atoms with E-state index in [0.717, 1.165) is 4.90 Å². The van der Waals surface area contributed by atoms with Gasteiger partial charge in [-0.2, -0.15) is 5.26 Å². The first-order valence-electron chi connectivity index (χ1n) is 10.6. The number of amides is 2. The lowest BCUT2D eigenvalue weighted by molar-refractivity contribution is -0.578. The number of imide groups is 1. The smallest absolute Gasteiger partial charge is 0.308 e. The molecule has 9 nitrogen and oxygen atoms in total. The van der Waals surface area contributed by atoms with Gasteiger partial charge >= 0.3 is 5.91 Å². The first-order chi connectivity index (χ1) is 15.8. The van der Waals surface area contributed by atoms with Gasteiger partial charge in [0, 0.05) is 30.2 Å². The van der Waals surface area contributed by atoms with Crippen LogP contribution in [0.25, 0.3) is 16.3 Å². The monoisotopic (exact) mass is 446 g/mol. The summed E-state index contributed by atoms with van der Waals surface area (Å²) >= 11 is 0. The van der Waals surface area contributed by atoms with E-state index in [0.29, 0.717) is 22.0 Å². The number of rotatable bonds is 6. The number of anilines is 1. The number of nitrogens with one attached hydrogen (secondary N) is 1. The van der Waals surface area contributed by atoms with Gasteiger partial charge in [-0.25, -0.2) is 4.90 Å². The SMILES string of the molecule is C=CO[C@H]1CC2(CCO)OC1(C)C1C(=O)N(c3ccc(C#N)c4ccccc34)C(=O)[C@@]12[NH+]=[N-]. The fourth-order valence-corrected chi connectivity index (χ4v) is 6.21. The predicted molar refractivity (Wildman–Crippen MR) is 115 cm³/mol. The molecule has 9 heteroatoms. The van der Waals surface area contributed by atoms with Gasteiger partial charge in [0.15, 0.2) is 0 Å². The molecule has 2 amide bonds. The highest BCUT2D eigenvalue weighted by atomic mass is 16.6. The molecule has 5 rings (SSSR count). The molecule has 0 aromatic heterocycles. The highest BCUT2D eigenvalue weighted by molar-refractivity contribution is 6.28. The second-order valence-corrected chi connectivity index (χ2v) is 8.87. The number of aliphatic hydroxyl groups is 1. The van der Waals surface area contributed by atoms with E-state index in [2.05, 4.69) is 17.8 Å². The molecule has 3 unspecified atom stereocenters. The summed E-state index contributed by atoms with van der Waals surface area (Å²) in [6.45, 7) is 4.95. The maximum atomic E-state index is 14.0. The number of carbonyl (C=O) groups is 2. The largest absolute Gasteiger partial charge is 0.508 e. The van der Waals surface area contributed by atoms with Crippen molar-refractivity contribution in [2.75, 3.05) is 11.5 Å². The van der Waals surface area contributed by atoms with Gasteiger partial charge in [0.1, 0.15) is 23.2 Å². The van der Waals surface area contributed by atoms with Crippen molar-refractivity contribution in [2.45, 2.75) is 42.6 Å². The minimum Gasteiger partial charge on any atom is -0.508 e. The summed E-state index contributed by atoms with van der Waals surface area (Å²) in [5.74, 6) is -2.36. The molecule has 3 aliphatic heterocycles. The topological polar surface area (TPSA) is 136 Å². The number of fused-ring (bicyclic) bond motifs is 6. The fourth-order valence-electron chi connectivity index (χ4n) is 6.21. The van der Waals surface area contributed by atoms with Gasteiger partial charge in [-0.05, 0) is 19.1 Å². The summed E-state index contributed by atoms with van der Waals surface area (Å²) < 4.78 is 12.0. The minimum atomic E-state index is -1.81. The molecule has 2 aromatic carbocycles. The number of carbonyl (C=O) groups excluding carboxylic acids is 2. The van der Waals surface area contributed by atoms with Crippen LogP contribution >= 0.6 is 0 Å². The molecular weight excluding hydrogens is 424 g/mol. The molecule has 3 fully saturated rings. The van der Waals surface area contributed by atoms with Crippen molar-refractivity contribution in [3.05, 3.63) is 60.3 Å². The van der Waals surface area contributed by atoms with Crippen molar-refractivity contribution >= 4 is 28.3 Å². The Morgan fingerprint density at radius 3 is 2.73 bits per heavy atom. The van der Waals surface area contributed by atoms with E-state index >= 15 is 0 Å². The number of hydrogen-bond donors (Lipinski definition) is 2. The maximum Gasteiger partial charge on any atom is 0.308 e. The van der Waals surface area contributed by atoms with Gasteiger partial charge in [0.05, 0.1) is 23.6 Å². The van der Waals surface area contributed by atoms with Gasteiger partial charge in [-0.1, -0.05) is 30.8 Å². The van der Waals surface area contributed by atoms with E-state index < -0.39 is 40.6 Å². The van der Waals surface area contributed by atoms with Crippen LogP contribution in [0.15, 0.2) is 49.2 Å². The Bertz CT molecular complexity index is 1270. The van der Waals surface area contributed by atoms with Crippen LogP contribution in [0.3, 0.4) is 0 Å². The van der Waals surface area contributed by atoms with Crippen LogP contribution in [0.1, 0.15) is 25.3 Å². The van der Waals surface area contributed by atoms with E-state index in [-0.39, 0.29) is 19.4 Å². The quantitative estimate of drug-likeness (QED) is 0.384. The third kappa shape index (κ3) is 2.32. The van der Waals surface area contributed by atoms with Crippen molar-refractivity contribution in [3.8, 4) is 6.07 Å². The van der Waals surface area contributed by atoms with E-state index in [1.807, 2.05) is 0 Å². The first kappa shape index (κ1) is 21.2. The van der Waals surface area contributed by atoms with Gasteiger partial charge in [-0.3, -0.25) is 9.59 Å². The molecular formula is C24H22N4O5. The number of hydrogen-bond acceptors (Lipinski definition) is 6. The van der Waals surface area contributed by atoms with Crippen molar-refractivity contribution in [1.82, 2.24) is 0 Å². The Hall–Kier alpha value is -3.61. The van der Waals surface area contributed by atoms with Gasteiger partial charge in [0.2, 0.25) is 5.91 Å². The molecule has 3 saturated heterocycles. The lowest BCUT2D eigenvalue weighted by Gasteiger charge is -2.39. The van der Waals surface area contributed by atoms with Gasteiger partial charge in [-0.15, -0.1) is 0 Å². The summed E-state index contributed by atoms with van der Waals surface area (Å²) in [6, 6.07) is 12.3. The summed E-state index contributed by atoms with van der Waals surface area (Å²) in [5, 5.41) is 22.6. The Balaban J connectivity index is 1.74. The van der Waals surface area contributed by atoms with Crippen LogP contribution in [0, 0.1) is 17.2 Å². The zero-order chi connectivity index (χ0) is 23.6. The van der Waals surface area contributed by atoms with E-state index in [1.54, 1.807) is 43.3 Å². The maximum absolute atomic E-state index is 14.0. The van der Waals surface area contributed by atoms with Crippen molar-refractivity contribution < 1.29 is 29.3 Å². The second-order valence-electron chi connectivity index (χ2n) is 8.87. The molecule has 0 radical (unpaired) electrons. The third-order valence-electron chi connectivity index (χ3n) is 7.52. The number of nitriles is 1. The lowest BCUT2D eigenvalue weighted by atomic mass is 9.61. The zero-order valence-electron chi connectivity index (χ0n) is 17.9. The Labute approximate surface area is 189 Å². The van der Waals surface area contributed by atoms with Crippen LogP contribution < -0.4 is 10.0 Å². The molecule has 0 aliphatic carbocycles. The summed E-state index contributed by atoms with van der Waals surface area (Å²) in [7, 11) is 0. The van der Waals surface area contributed by atoms with Crippen LogP contribution in [0.4, 0.5) is 5.69 Å². The molecule has 0 spiro atoms. The average molecular weight is 446 g/mol. The Kier molecular flexibility index (Phi) is 4.47. The number of ether oxygens (including phenoxy) is 2. The molecule has 3 heterocycles. The predicted octanol–water partition coefficient (Wildman–Crippen LogP) is 0.884. The summed E-state index contributed by atoms with van der Waals surface area (Å²) in [4.78, 5) is 29.0. The second kappa shape index (κ2) is 6.94.